The van der Waals surface area contributed by atoms with Gasteiger partial charge in [-0.2, -0.15) is 4.98 Å². The second-order valence-electron chi connectivity index (χ2n) is 5.53. The Balaban J connectivity index is 1.70. The molecule has 0 unspecified atom stereocenters. The molecule has 2 N–H and O–H groups in total. The molecule has 0 atom stereocenters. The minimum atomic E-state index is 0.476. The van der Waals surface area contributed by atoms with Gasteiger partial charge in [0.2, 0.25) is 5.95 Å². The number of aromatic nitrogens is 2. The summed E-state index contributed by atoms with van der Waals surface area (Å²) < 4.78 is 0. The lowest BCUT2D eigenvalue weighted by Gasteiger charge is -2.22. The average molecular weight is 337 g/mol. The summed E-state index contributed by atoms with van der Waals surface area (Å²) in [6, 6.07) is 7.61. The van der Waals surface area contributed by atoms with Crippen molar-refractivity contribution in [3.63, 3.8) is 0 Å². The molecule has 0 saturated heterocycles. The maximum absolute atomic E-state index is 6.01. The number of benzene rings is 1. The molecule has 1 heterocycles. The van der Waals surface area contributed by atoms with E-state index in [1.54, 1.807) is 12.3 Å². The topological polar surface area (TPSA) is 49.8 Å². The molecule has 1 aliphatic carbocycles. The van der Waals surface area contributed by atoms with Gasteiger partial charge in [0.05, 0.1) is 0 Å². The Kier molecular flexibility index (Phi) is 5.01. The molecule has 4 nitrogen and oxygen atoms in total. The van der Waals surface area contributed by atoms with Crippen molar-refractivity contribution in [3.05, 3.63) is 40.5 Å². The first-order valence-corrected chi connectivity index (χ1v) is 8.27. The molecule has 1 aromatic heterocycles. The van der Waals surface area contributed by atoms with Gasteiger partial charge in [-0.25, -0.2) is 4.98 Å². The Morgan fingerprint density at radius 3 is 2.45 bits per heavy atom. The zero-order valence-electron chi connectivity index (χ0n) is 12.1. The number of halogens is 2. The van der Waals surface area contributed by atoms with Gasteiger partial charge in [-0.15, -0.1) is 0 Å². The minimum absolute atomic E-state index is 0.476. The van der Waals surface area contributed by atoms with Crippen LogP contribution in [-0.2, 0) is 0 Å². The van der Waals surface area contributed by atoms with E-state index in [0.29, 0.717) is 27.9 Å². The second-order valence-corrected chi connectivity index (χ2v) is 6.40. The van der Waals surface area contributed by atoms with Gasteiger partial charge < -0.3 is 10.6 Å². The predicted molar refractivity (Wildman–Crippen MR) is 92.3 cm³/mol. The SMILES string of the molecule is Clc1cc(Cl)cc(Nc2ccnc(NC3CCCCC3)n2)c1. The Labute approximate surface area is 140 Å². The van der Waals surface area contributed by atoms with E-state index < -0.39 is 0 Å². The number of rotatable bonds is 4. The highest BCUT2D eigenvalue weighted by atomic mass is 35.5. The fourth-order valence-electron chi connectivity index (χ4n) is 2.70. The summed E-state index contributed by atoms with van der Waals surface area (Å²) in [5.74, 6) is 1.37. The zero-order valence-corrected chi connectivity index (χ0v) is 13.7. The van der Waals surface area contributed by atoms with Crippen LogP contribution < -0.4 is 10.6 Å². The number of hydrogen-bond acceptors (Lipinski definition) is 4. The van der Waals surface area contributed by atoms with Crippen LogP contribution in [0, 0.1) is 0 Å². The van der Waals surface area contributed by atoms with Gasteiger partial charge in [0.1, 0.15) is 5.82 Å². The fraction of sp³-hybridized carbons (Fsp3) is 0.375. The average Bonchev–Trinajstić information content (AvgIpc) is 2.47. The smallest absolute Gasteiger partial charge is 0.224 e. The van der Waals surface area contributed by atoms with Gasteiger partial charge in [-0.1, -0.05) is 42.5 Å². The monoisotopic (exact) mass is 336 g/mol. The molecule has 0 aliphatic heterocycles. The van der Waals surface area contributed by atoms with E-state index in [9.17, 15) is 0 Å². The lowest BCUT2D eigenvalue weighted by atomic mass is 9.96. The van der Waals surface area contributed by atoms with Gasteiger partial charge in [0.25, 0.3) is 0 Å². The molecule has 0 bridgehead atoms. The van der Waals surface area contributed by atoms with E-state index in [1.807, 2.05) is 18.2 Å². The predicted octanol–water partition coefficient (Wildman–Crippen LogP) is 5.27. The first-order valence-electron chi connectivity index (χ1n) is 7.52. The molecule has 1 aromatic carbocycles. The molecule has 0 amide bonds. The van der Waals surface area contributed by atoms with Crippen LogP contribution >= 0.6 is 23.2 Å². The van der Waals surface area contributed by atoms with Crippen molar-refractivity contribution in [2.45, 2.75) is 38.1 Å². The van der Waals surface area contributed by atoms with Crippen molar-refractivity contribution in [2.75, 3.05) is 10.6 Å². The highest BCUT2D eigenvalue weighted by molar-refractivity contribution is 6.35. The molecule has 2 aromatic rings. The van der Waals surface area contributed by atoms with E-state index >= 15 is 0 Å². The first-order chi connectivity index (χ1) is 10.7. The zero-order chi connectivity index (χ0) is 15.4. The molecular formula is C16H18Cl2N4. The third-order valence-electron chi connectivity index (χ3n) is 3.73. The quantitative estimate of drug-likeness (QED) is 0.798. The molecule has 22 heavy (non-hydrogen) atoms. The van der Waals surface area contributed by atoms with E-state index in [1.165, 1.54) is 32.1 Å². The lowest BCUT2D eigenvalue weighted by molar-refractivity contribution is 0.461. The molecule has 1 fully saturated rings. The van der Waals surface area contributed by atoms with Crippen molar-refractivity contribution in [1.82, 2.24) is 9.97 Å². The van der Waals surface area contributed by atoms with Crippen molar-refractivity contribution in [1.29, 1.82) is 0 Å². The molecule has 3 rings (SSSR count). The van der Waals surface area contributed by atoms with Crippen molar-refractivity contribution < 1.29 is 0 Å². The summed E-state index contributed by atoms with van der Waals surface area (Å²) in [7, 11) is 0. The van der Waals surface area contributed by atoms with Crippen LogP contribution in [0.3, 0.4) is 0 Å². The van der Waals surface area contributed by atoms with Crippen LogP contribution in [0.1, 0.15) is 32.1 Å². The van der Waals surface area contributed by atoms with Crippen LogP contribution in [0.15, 0.2) is 30.5 Å². The molecule has 6 heteroatoms. The van der Waals surface area contributed by atoms with E-state index in [4.69, 9.17) is 23.2 Å². The molecule has 116 valence electrons. The van der Waals surface area contributed by atoms with Gasteiger partial charge in [0, 0.05) is 28.0 Å². The van der Waals surface area contributed by atoms with Crippen LogP contribution in [0.4, 0.5) is 17.5 Å². The van der Waals surface area contributed by atoms with E-state index in [2.05, 4.69) is 20.6 Å². The van der Waals surface area contributed by atoms with Crippen LogP contribution in [0.2, 0.25) is 10.0 Å². The summed E-state index contributed by atoms with van der Waals surface area (Å²) in [5, 5.41) is 7.79. The Hall–Kier alpha value is -1.52. The van der Waals surface area contributed by atoms with Crippen molar-refractivity contribution in [3.8, 4) is 0 Å². The number of nitrogens with zero attached hydrogens (tertiary/aromatic N) is 2. The van der Waals surface area contributed by atoms with Crippen molar-refractivity contribution in [2.24, 2.45) is 0 Å². The standard InChI is InChI=1S/C16H18Cl2N4/c17-11-8-12(18)10-14(9-11)20-15-6-7-19-16(22-15)21-13-4-2-1-3-5-13/h6-10,13H,1-5H2,(H2,19,20,21,22). The molecule has 0 radical (unpaired) electrons. The van der Waals surface area contributed by atoms with Crippen LogP contribution in [-0.4, -0.2) is 16.0 Å². The van der Waals surface area contributed by atoms with E-state index in [0.717, 1.165) is 5.69 Å². The first kappa shape index (κ1) is 15.4. The second kappa shape index (κ2) is 7.16. The lowest BCUT2D eigenvalue weighted by Crippen LogP contribution is -2.23. The van der Waals surface area contributed by atoms with Crippen LogP contribution in [0.25, 0.3) is 0 Å². The third kappa shape index (κ3) is 4.24. The maximum Gasteiger partial charge on any atom is 0.224 e. The van der Waals surface area contributed by atoms with Gasteiger partial charge in [-0.3, -0.25) is 0 Å². The number of anilines is 3. The highest BCUT2D eigenvalue weighted by Crippen LogP contribution is 2.25. The summed E-state index contributed by atoms with van der Waals surface area (Å²) >= 11 is 12.0. The fourth-order valence-corrected chi connectivity index (χ4v) is 3.23. The summed E-state index contributed by atoms with van der Waals surface area (Å²) in [4.78, 5) is 8.80. The largest absolute Gasteiger partial charge is 0.351 e. The Morgan fingerprint density at radius 1 is 1.00 bits per heavy atom. The van der Waals surface area contributed by atoms with Gasteiger partial charge >= 0.3 is 0 Å². The Bertz CT molecular complexity index is 622. The normalized spacial score (nSPS) is 15.5. The summed E-state index contributed by atoms with van der Waals surface area (Å²) in [5.41, 5.74) is 0.805. The van der Waals surface area contributed by atoms with Gasteiger partial charge in [-0.05, 0) is 37.1 Å². The molecule has 1 aliphatic rings. The number of hydrogen-bond donors (Lipinski definition) is 2. The summed E-state index contributed by atoms with van der Waals surface area (Å²) in [6.07, 6.45) is 7.99. The third-order valence-corrected chi connectivity index (χ3v) is 4.17. The molecule has 0 spiro atoms. The highest BCUT2D eigenvalue weighted by Gasteiger charge is 2.14. The number of nitrogens with one attached hydrogen (secondary N) is 2. The van der Waals surface area contributed by atoms with Gasteiger partial charge in [0.15, 0.2) is 0 Å². The van der Waals surface area contributed by atoms with Crippen LogP contribution in [0.5, 0.6) is 0 Å². The molecular weight excluding hydrogens is 319 g/mol. The maximum atomic E-state index is 6.01. The molecule has 1 saturated carbocycles. The van der Waals surface area contributed by atoms with Crippen molar-refractivity contribution >= 4 is 40.7 Å². The Morgan fingerprint density at radius 2 is 1.73 bits per heavy atom. The minimum Gasteiger partial charge on any atom is -0.351 e. The van der Waals surface area contributed by atoms with E-state index in [-0.39, 0.29) is 0 Å². The summed E-state index contributed by atoms with van der Waals surface area (Å²) in [6.45, 7) is 0.